The highest BCUT2D eigenvalue weighted by atomic mass is 14.9. The van der Waals surface area contributed by atoms with Crippen molar-refractivity contribution in [2.45, 2.75) is 71.9 Å². The standard InChI is InChI=1S/C17H29N3/c1-12(2)14-5-7-15(8-6-14)17-18-10-9-16(20-17)11-19-13(3)4/h9-10,12-15,19H,5-8,11H2,1-4H3. The predicted octanol–water partition coefficient (Wildman–Crippen LogP) is 3.90. The summed E-state index contributed by atoms with van der Waals surface area (Å²) in [6, 6.07) is 2.52. The monoisotopic (exact) mass is 275 g/mol. The predicted molar refractivity (Wildman–Crippen MR) is 83.5 cm³/mol. The highest BCUT2D eigenvalue weighted by Crippen LogP contribution is 2.37. The summed E-state index contributed by atoms with van der Waals surface area (Å²) in [7, 11) is 0. The number of aromatic nitrogens is 2. The van der Waals surface area contributed by atoms with E-state index in [0.717, 1.165) is 29.9 Å². The van der Waals surface area contributed by atoms with Crippen molar-refractivity contribution in [1.29, 1.82) is 0 Å². The van der Waals surface area contributed by atoms with Gasteiger partial charge in [-0.2, -0.15) is 0 Å². The molecule has 1 aromatic heterocycles. The molecule has 0 saturated heterocycles. The van der Waals surface area contributed by atoms with E-state index in [0.29, 0.717) is 12.0 Å². The zero-order valence-electron chi connectivity index (χ0n) is 13.4. The van der Waals surface area contributed by atoms with Crippen molar-refractivity contribution in [3.63, 3.8) is 0 Å². The summed E-state index contributed by atoms with van der Waals surface area (Å²) in [5.41, 5.74) is 1.12. The number of rotatable bonds is 5. The molecule has 112 valence electrons. The van der Waals surface area contributed by atoms with Gasteiger partial charge in [0.1, 0.15) is 5.82 Å². The van der Waals surface area contributed by atoms with Crippen LogP contribution in [0, 0.1) is 11.8 Å². The Morgan fingerprint density at radius 2 is 1.85 bits per heavy atom. The maximum Gasteiger partial charge on any atom is 0.131 e. The largest absolute Gasteiger partial charge is 0.309 e. The second-order valence-corrected chi connectivity index (χ2v) is 6.80. The van der Waals surface area contributed by atoms with Crippen molar-refractivity contribution in [3.05, 3.63) is 23.8 Å². The molecule has 0 spiro atoms. The van der Waals surface area contributed by atoms with Crippen molar-refractivity contribution in [2.24, 2.45) is 11.8 Å². The lowest BCUT2D eigenvalue weighted by molar-refractivity contribution is 0.254. The Labute approximate surface area is 123 Å². The third-order valence-electron chi connectivity index (χ3n) is 4.50. The van der Waals surface area contributed by atoms with Gasteiger partial charge in [-0.3, -0.25) is 0 Å². The molecule has 1 fully saturated rings. The number of hydrogen-bond acceptors (Lipinski definition) is 3. The van der Waals surface area contributed by atoms with Crippen LogP contribution in [0.4, 0.5) is 0 Å². The molecule has 20 heavy (non-hydrogen) atoms. The van der Waals surface area contributed by atoms with Crippen LogP contribution < -0.4 is 5.32 Å². The van der Waals surface area contributed by atoms with Crippen LogP contribution in [0.25, 0.3) is 0 Å². The Hall–Kier alpha value is -0.960. The van der Waals surface area contributed by atoms with Gasteiger partial charge in [-0.05, 0) is 43.6 Å². The first-order valence-electron chi connectivity index (χ1n) is 8.11. The zero-order valence-corrected chi connectivity index (χ0v) is 13.4. The minimum absolute atomic E-state index is 0.495. The number of nitrogens with one attached hydrogen (secondary N) is 1. The summed E-state index contributed by atoms with van der Waals surface area (Å²) in [5.74, 6) is 3.36. The summed E-state index contributed by atoms with van der Waals surface area (Å²) < 4.78 is 0. The molecule has 0 bridgehead atoms. The fourth-order valence-electron chi connectivity index (χ4n) is 3.06. The van der Waals surface area contributed by atoms with E-state index in [4.69, 9.17) is 4.98 Å². The maximum absolute atomic E-state index is 4.76. The van der Waals surface area contributed by atoms with Crippen molar-refractivity contribution in [3.8, 4) is 0 Å². The molecule has 2 rings (SSSR count). The molecule has 0 unspecified atom stereocenters. The second-order valence-electron chi connectivity index (χ2n) is 6.80. The fourth-order valence-corrected chi connectivity index (χ4v) is 3.06. The summed E-state index contributed by atoms with van der Waals surface area (Å²) in [5, 5.41) is 3.42. The van der Waals surface area contributed by atoms with E-state index < -0.39 is 0 Å². The first-order valence-corrected chi connectivity index (χ1v) is 8.11. The van der Waals surface area contributed by atoms with Gasteiger partial charge in [0.25, 0.3) is 0 Å². The topological polar surface area (TPSA) is 37.8 Å². The quantitative estimate of drug-likeness (QED) is 0.885. The van der Waals surface area contributed by atoms with Gasteiger partial charge in [0.05, 0.1) is 5.69 Å². The first-order chi connectivity index (χ1) is 9.56. The Bertz CT molecular complexity index is 406. The number of hydrogen-bond donors (Lipinski definition) is 1. The maximum atomic E-state index is 4.76. The van der Waals surface area contributed by atoms with Crippen molar-refractivity contribution in [1.82, 2.24) is 15.3 Å². The van der Waals surface area contributed by atoms with E-state index in [9.17, 15) is 0 Å². The summed E-state index contributed by atoms with van der Waals surface area (Å²) in [6.45, 7) is 9.86. The van der Waals surface area contributed by atoms with Crippen molar-refractivity contribution in [2.75, 3.05) is 0 Å². The molecule has 1 aliphatic rings. The van der Waals surface area contributed by atoms with E-state index in [2.05, 4.69) is 38.0 Å². The fraction of sp³-hybridized carbons (Fsp3) is 0.765. The van der Waals surface area contributed by atoms with Gasteiger partial charge < -0.3 is 5.32 Å². The van der Waals surface area contributed by atoms with Gasteiger partial charge in [0.15, 0.2) is 0 Å². The van der Waals surface area contributed by atoms with Crippen LogP contribution in [0.5, 0.6) is 0 Å². The SMILES string of the molecule is CC(C)NCc1ccnc(C2CCC(C(C)C)CC2)n1. The normalized spacial score (nSPS) is 23.5. The van der Waals surface area contributed by atoms with Crippen LogP contribution >= 0.6 is 0 Å². The van der Waals surface area contributed by atoms with Crippen LogP contribution in [-0.4, -0.2) is 16.0 Å². The van der Waals surface area contributed by atoms with E-state index in [1.165, 1.54) is 25.7 Å². The highest BCUT2D eigenvalue weighted by molar-refractivity contribution is 5.06. The molecule has 3 nitrogen and oxygen atoms in total. The van der Waals surface area contributed by atoms with Crippen molar-refractivity contribution < 1.29 is 0 Å². The Balaban J connectivity index is 1.94. The van der Waals surface area contributed by atoms with E-state index in [-0.39, 0.29) is 0 Å². The minimum Gasteiger partial charge on any atom is -0.309 e. The van der Waals surface area contributed by atoms with Gasteiger partial charge in [-0.15, -0.1) is 0 Å². The molecule has 0 aliphatic heterocycles. The molecule has 0 aromatic carbocycles. The molecule has 1 N–H and O–H groups in total. The molecular weight excluding hydrogens is 246 g/mol. The zero-order chi connectivity index (χ0) is 14.5. The minimum atomic E-state index is 0.495. The molecule has 0 atom stereocenters. The third-order valence-corrected chi connectivity index (χ3v) is 4.50. The third kappa shape index (κ3) is 4.27. The molecule has 1 aromatic rings. The Morgan fingerprint density at radius 1 is 1.15 bits per heavy atom. The molecule has 0 radical (unpaired) electrons. The van der Waals surface area contributed by atoms with Crippen LogP contribution in [0.3, 0.4) is 0 Å². The van der Waals surface area contributed by atoms with E-state index in [1.54, 1.807) is 0 Å². The molecule has 1 saturated carbocycles. The van der Waals surface area contributed by atoms with Crippen molar-refractivity contribution >= 4 is 0 Å². The number of nitrogens with zero attached hydrogens (tertiary/aromatic N) is 2. The summed E-state index contributed by atoms with van der Waals surface area (Å²) in [4.78, 5) is 9.29. The van der Waals surface area contributed by atoms with Crippen LogP contribution in [0.15, 0.2) is 12.3 Å². The average Bonchev–Trinajstić information content (AvgIpc) is 2.45. The first kappa shape index (κ1) is 15.4. The lowest BCUT2D eigenvalue weighted by Gasteiger charge is -2.30. The Morgan fingerprint density at radius 3 is 2.45 bits per heavy atom. The van der Waals surface area contributed by atoms with Crippen LogP contribution in [0.1, 0.15) is 70.8 Å². The molecular formula is C17H29N3. The highest BCUT2D eigenvalue weighted by Gasteiger charge is 2.25. The molecule has 1 heterocycles. The summed E-state index contributed by atoms with van der Waals surface area (Å²) >= 11 is 0. The molecule has 0 amide bonds. The average molecular weight is 275 g/mol. The van der Waals surface area contributed by atoms with Gasteiger partial charge in [-0.1, -0.05) is 27.7 Å². The molecule has 3 heteroatoms. The van der Waals surface area contributed by atoms with Gasteiger partial charge in [0, 0.05) is 24.7 Å². The second kappa shape index (κ2) is 7.16. The van der Waals surface area contributed by atoms with Crippen LogP contribution in [0.2, 0.25) is 0 Å². The lowest BCUT2D eigenvalue weighted by atomic mass is 9.77. The van der Waals surface area contributed by atoms with Crippen LogP contribution in [-0.2, 0) is 6.54 Å². The van der Waals surface area contributed by atoms with Gasteiger partial charge in [-0.25, -0.2) is 9.97 Å². The molecule has 1 aliphatic carbocycles. The van der Waals surface area contributed by atoms with Gasteiger partial charge >= 0.3 is 0 Å². The van der Waals surface area contributed by atoms with E-state index in [1.807, 2.05) is 12.3 Å². The van der Waals surface area contributed by atoms with Gasteiger partial charge in [0.2, 0.25) is 0 Å². The lowest BCUT2D eigenvalue weighted by Crippen LogP contribution is -2.23. The Kier molecular flexibility index (Phi) is 5.53. The van der Waals surface area contributed by atoms with E-state index >= 15 is 0 Å². The smallest absolute Gasteiger partial charge is 0.131 e. The summed E-state index contributed by atoms with van der Waals surface area (Å²) in [6.07, 6.45) is 7.10.